The smallest absolute Gasteiger partial charge is 0.128 e. The Morgan fingerprint density at radius 2 is 1.73 bits per heavy atom. The highest BCUT2D eigenvalue weighted by Gasteiger charge is 2.00. The van der Waals surface area contributed by atoms with Gasteiger partial charge in [0.05, 0.1) is 12.8 Å². The van der Waals surface area contributed by atoms with Crippen molar-refractivity contribution in [3.8, 4) is 17.0 Å². The Morgan fingerprint density at radius 3 is 2.27 bits per heavy atom. The first kappa shape index (κ1) is 10.1. The second-order valence-electron chi connectivity index (χ2n) is 2.97. The number of methoxy groups -OCH3 is 1. The Bertz CT molecular complexity index is 439. The second kappa shape index (κ2) is 4.40. The van der Waals surface area contributed by atoms with Gasteiger partial charge in [-0.3, -0.25) is 0 Å². The summed E-state index contributed by atoms with van der Waals surface area (Å²) in [5.41, 5.74) is 1.87. The molecule has 1 heterocycles. The number of benzene rings is 1. The van der Waals surface area contributed by atoms with Crippen LogP contribution in [0.25, 0.3) is 11.3 Å². The molecule has 2 aromatic rings. The van der Waals surface area contributed by atoms with Crippen molar-refractivity contribution in [3.63, 3.8) is 0 Å². The molecular formula is C11H9BrN2O. The van der Waals surface area contributed by atoms with Gasteiger partial charge in [0.1, 0.15) is 10.4 Å². The van der Waals surface area contributed by atoms with E-state index in [-0.39, 0.29) is 0 Å². The maximum absolute atomic E-state index is 5.08. The van der Waals surface area contributed by atoms with E-state index in [0.717, 1.165) is 21.6 Å². The first-order valence-electron chi connectivity index (χ1n) is 4.43. The molecule has 0 amide bonds. The molecule has 0 aliphatic rings. The van der Waals surface area contributed by atoms with Crippen molar-refractivity contribution in [3.05, 3.63) is 41.0 Å². The highest BCUT2D eigenvalue weighted by molar-refractivity contribution is 9.10. The van der Waals surface area contributed by atoms with Gasteiger partial charge in [-0.05, 0) is 52.3 Å². The van der Waals surface area contributed by atoms with Crippen molar-refractivity contribution in [2.45, 2.75) is 0 Å². The SMILES string of the molecule is COc1ccc(-c2ccc(Br)nn2)cc1. The Hall–Kier alpha value is -1.42. The monoisotopic (exact) mass is 264 g/mol. The molecule has 0 N–H and O–H groups in total. The normalized spacial score (nSPS) is 10.0. The summed E-state index contributed by atoms with van der Waals surface area (Å²) >= 11 is 3.25. The summed E-state index contributed by atoms with van der Waals surface area (Å²) in [5, 5.41) is 8.00. The Kier molecular flexibility index (Phi) is 2.97. The summed E-state index contributed by atoms with van der Waals surface area (Å²) in [6.45, 7) is 0. The van der Waals surface area contributed by atoms with Crippen molar-refractivity contribution < 1.29 is 4.74 Å². The lowest BCUT2D eigenvalue weighted by atomic mass is 10.1. The fourth-order valence-corrected chi connectivity index (χ4v) is 1.44. The predicted octanol–water partition coefficient (Wildman–Crippen LogP) is 2.91. The quantitative estimate of drug-likeness (QED) is 0.837. The number of ether oxygens (including phenoxy) is 1. The molecule has 1 aromatic carbocycles. The molecule has 0 spiro atoms. The second-order valence-corrected chi connectivity index (χ2v) is 3.78. The van der Waals surface area contributed by atoms with Crippen LogP contribution in [0.1, 0.15) is 0 Å². The molecule has 2 rings (SSSR count). The van der Waals surface area contributed by atoms with Gasteiger partial charge in [0.25, 0.3) is 0 Å². The summed E-state index contributed by atoms with van der Waals surface area (Å²) in [6, 6.07) is 11.5. The molecule has 0 fully saturated rings. The number of rotatable bonds is 2. The van der Waals surface area contributed by atoms with Crippen LogP contribution in [0.3, 0.4) is 0 Å². The Morgan fingerprint density at radius 1 is 1.00 bits per heavy atom. The third-order valence-electron chi connectivity index (χ3n) is 2.02. The van der Waals surface area contributed by atoms with Gasteiger partial charge in [-0.2, -0.15) is 0 Å². The number of aromatic nitrogens is 2. The maximum Gasteiger partial charge on any atom is 0.128 e. The predicted molar refractivity (Wildman–Crippen MR) is 61.7 cm³/mol. The lowest BCUT2D eigenvalue weighted by Crippen LogP contribution is -1.88. The molecule has 0 aliphatic carbocycles. The molecule has 0 radical (unpaired) electrons. The standard InChI is InChI=1S/C11H9BrN2O/c1-15-9-4-2-8(3-5-9)10-6-7-11(12)14-13-10/h2-7H,1H3. The summed E-state index contributed by atoms with van der Waals surface area (Å²) in [6.07, 6.45) is 0. The minimum Gasteiger partial charge on any atom is -0.497 e. The summed E-state index contributed by atoms with van der Waals surface area (Å²) in [4.78, 5) is 0. The van der Waals surface area contributed by atoms with Crippen LogP contribution in [0.15, 0.2) is 41.0 Å². The molecule has 0 saturated carbocycles. The number of nitrogens with zero attached hydrogens (tertiary/aromatic N) is 2. The van der Waals surface area contributed by atoms with Crippen LogP contribution in [0, 0.1) is 0 Å². The maximum atomic E-state index is 5.08. The molecule has 0 unspecified atom stereocenters. The number of halogens is 1. The van der Waals surface area contributed by atoms with Crippen LogP contribution in [-0.2, 0) is 0 Å². The van der Waals surface area contributed by atoms with Gasteiger partial charge >= 0.3 is 0 Å². The highest BCUT2D eigenvalue weighted by atomic mass is 79.9. The number of hydrogen-bond donors (Lipinski definition) is 0. The van der Waals surface area contributed by atoms with E-state index >= 15 is 0 Å². The molecule has 4 heteroatoms. The minimum absolute atomic E-state index is 0.736. The van der Waals surface area contributed by atoms with Crippen LogP contribution in [0.2, 0.25) is 0 Å². The minimum atomic E-state index is 0.736. The van der Waals surface area contributed by atoms with E-state index in [4.69, 9.17) is 4.74 Å². The topological polar surface area (TPSA) is 35.0 Å². The molecule has 1 aromatic heterocycles. The van der Waals surface area contributed by atoms with Crippen LogP contribution < -0.4 is 4.74 Å². The van der Waals surface area contributed by atoms with Crippen molar-refractivity contribution in [2.24, 2.45) is 0 Å². The van der Waals surface area contributed by atoms with Crippen molar-refractivity contribution in [1.29, 1.82) is 0 Å². The zero-order valence-corrected chi connectivity index (χ0v) is 9.73. The first-order chi connectivity index (χ1) is 7.29. The zero-order chi connectivity index (χ0) is 10.7. The van der Waals surface area contributed by atoms with E-state index in [2.05, 4.69) is 26.1 Å². The van der Waals surface area contributed by atoms with Crippen molar-refractivity contribution >= 4 is 15.9 Å². The van der Waals surface area contributed by atoms with E-state index in [1.54, 1.807) is 7.11 Å². The van der Waals surface area contributed by atoms with E-state index < -0.39 is 0 Å². The zero-order valence-electron chi connectivity index (χ0n) is 8.14. The molecule has 0 atom stereocenters. The Labute approximate surface area is 96.2 Å². The molecular weight excluding hydrogens is 256 g/mol. The van der Waals surface area contributed by atoms with Crippen LogP contribution >= 0.6 is 15.9 Å². The third-order valence-corrected chi connectivity index (χ3v) is 2.44. The summed E-state index contributed by atoms with van der Waals surface area (Å²) in [5.74, 6) is 0.837. The summed E-state index contributed by atoms with van der Waals surface area (Å²) in [7, 11) is 1.65. The van der Waals surface area contributed by atoms with Gasteiger partial charge in [-0.25, -0.2) is 0 Å². The molecule has 0 aliphatic heterocycles. The average molecular weight is 265 g/mol. The molecule has 0 bridgehead atoms. The van der Waals surface area contributed by atoms with Gasteiger partial charge in [-0.15, -0.1) is 10.2 Å². The summed E-state index contributed by atoms with van der Waals surface area (Å²) < 4.78 is 5.82. The van der Waals surface area contributed by atoms with E-state index in [0.29, 0.717) is 0 Å². The molecule has 3 nitrogen and oxygen atoms in total. The van der Waals surface area contributed by atoms with E-state index in [1.165, 1.54) is 0 Å². The first-order valence-corrected chi connectivity index (χ1v) is 5.22. The lowest BCUT2D eigenvalue weighted by molar-refractivity contribution is 0.415. The highest BCUT2D eigenvalue weighted by Crippen LogP contribution is 2.20. The van der Waals surface area contributed by atoms with E-state index in [1.807, 2.05) is 36.4 Å². The fraction of sp³-hybridized carbons (Fsp3) is 0.0909. The van der Waals surface area contributed by atoms with Gasteiger partial charge in [-0.1, -0.05) is 0 Å². The largest absolute Gasteiger partial charge is 0.497 e. The van der Waals surface area contributed by atoms with Gasteiger partial charge in [0.15, 0.2) is 0 Å². The third kappa shape index (κ3) is 2.33. The molecule has 15 heavy (non-hydrogen) atoms. The van der Waals surface area contributed by atoms with Crippen LogP contribution in [0.5, 0.6) is 5.75 Å². The van der Waals surface area contributed by atoms with Crippen molar-refractivity contribution in [2.75, 3.05) is 7.11 Å². The Balaban J connectivity index is 2.33. The molecule has 0 saturated heterocycles. The lowest BCUT2D eigenvalue weighted by Gasteiger charge is -2.02. The van der Waals surface area contributed by atoms with Gasteiger partial charge < -0.3 is 4.74 Å². The van der Waals surface area contributed by atoms with Crippen LogP contribution in [0.4, 0.5) is 0 Å². The van der Waals surface area contributed by atoms with Gasteiger partial charge in [0, 0.05) is 5.56 Å². The van der Waals surface area contributed by atoms with Crippen LogP contribution in [-0.4, -0.2) is 17.3 Å². The van der Waals surface area contributed by atoms with Gasteiger partial charge in [0.2, 0.25) is 0 Å². The van der Waals surface area contributed by atoms with Crippen molar-refractivity contribution in [1.82, 2.24) is 10.2 Å². The number of hydrogen-bond acceptors (Lipinski definition) is 3. The molecule has 76 valence electrons. The van der Waals surface area contributed by atoms with E-state index in [9.17, 15) is 0 Å². The average Bonchev–Trinajstić information content (AvgIpc) is 2.30. The fourth-order valence-electron chi connectivity index (χ4n) is 1.23.